The molecule has 2 aromatic heterocycles. The molecule has 0 atom stereocenters. The maximum absolute atomic E-state index is 15.1. The van der Waals surface area contributed by atoms with E-state index >= 15 is 8.42 Å². The van der Waals surface area contributed by atoms with E-state index in [0.29, 0.717) is 35.7 Å². The molecule has 2 amide bonds. The Bertz CT molecular complexity index is 2220. The van der Waals surface area contributed by atoms with Gasteiger partial charge in [0.25, 0.3) is 10.0 Å². The number of carbonyl (C=O) groups excluding carboxylic acids is 2. The highest BCUT2D eigenvalue weighted by atomic mass is 32.2. The summed E-state index contributed by atoms with van der Waals surface area (Å²) in [6, 6.07) is 16.0. The number of aryl methyl sites for hydroxylation is 3. The van der Waals surface area contributed by atoms with Crippen molar-refractivity contribution in [2.24, 2.45) is 0 Å². The molecule has 0 radical (unpaired) electrons. The summed E-state index contributed by atoms with van der Waals surface area (Å²) in [5.41, 5.74) is 5.32. The van der Waals surface area contributed by atoms with Crippen molar-refractivity contribution >= 4 is 49.0 Å². The van der Waals surface area contributed by atoms with Crippen LogP contribution in [0.1, 0.15) is 79.5 Å². The fraction of sp³-hybridized carbons (Fsp3) is 0.500. The maximum atomic E-state index is 15.1. The molecule has 9 nitrogen and oxygen atoms in total. The molecule has 55 heavy (non-hydrogen) atoms. The standard InChI is InChI=1S/C44H55N5O4S2/c1-29-9-15-36(16-10-29)55(52,53)49-41(33-24-30(2)23-31(3)25-33)40(32(4)27-45-19-21-46(22-20-45)28-39(50)47-17-7-8-18-47)37-26-38(54-42(37)49)44(5,6)43(51)48-34-11-12-35(48)14-13-34/h9-10,15-16,23-26,34-35H,4,7-8,11-14,17-22,27-28H2,1-3,5-6H3. The van der Waals surface area contributed by atoms with Gasteiger partial charge in [-0.05, 0) is 109 Å². The predicted octanol–water partition coefficient (Wildman–Crippen LogP) is 7.22. The van der Waals surface area contributed by atoms with Gasteiger partial charge in [0, 0.05) is 79.3 Å². The van der Waals surface area contributed by atoms with Gasteiger partial charge in [0.15, 0.2) is 0 Å². The number of amides is 2. The van der Waals surface area contributed by atoms with E-state index in [0.717, 1.165) is 121 Å². The number of piperazine rings is 1. The number of rotatable bonds is 10. The van der Waals surface area contributed by atoms with Gasteiger partial charge in [0.1, 0.15) is 4.83 Å². The summed E-state index contributed by atoms with van der Waals surface area (Å²) in [5, 5.41) is 0.815. The lowest BCUT2D eigenvalue weighted by atomic mass is 9.88. The molecule has 2 aromatic carbocycles. The molecule has 0 spiro atoms. The van der Waals surface area contributed by atoms with Crippen molar-refractivity contribution in [2.45, 2.75) is 95.5 Å². The van der Waals surface area contributed by atoms with E-state index in [1.165, 1.54) is 11.3 Å². The summed E-state index contributed by atoms with van der Waals surface area (Å²) in [7, 11) is -4.10. The van der Waals surface area contributed by atoms with Crippen LogP contribution < -0.4 is 0 Å². The van der Waals surface area contributed by atoms with Gasteiger partial charge in [-0.2, -0.15) is 0 Å². The Hall–Kier alpha value is -3.77. The second-order valence-electron chi connectivity index (χ2n) is 17.1. The highest BCUT2D eigenvalue weighted by Crippen LogP contribution is 2.48. The third-order valence-corrected chi connectivity index (χ3v) is 15.8. The van der Waals surface area contributed by atoms with Gasteiger partial charge in [-0.15, -0.1) is 11.3 Å². The Labute approximate surface area is 330 Å². The highest BCUT2D eigenvalue weighted by molar-refractivity contribution is 7.90. The molecule has 0 aliphatic carbocycles. The first kappa shape index (κ1) is 38.1. The number of aromatic nitrogens is 1. The molecule has 4 aliphatic heterocycles. The SMILES string of the molecule is C=C(CN1CCN(CC(=O)N2CCCC2)CC1)c1c(-c2cc(C)cc(C)c2)n(S(=O)(=O)c2ccc(C)cc2)c2sc(C(C)(C)C(=O)N3C4CCC3CC4)cc12. The Morgan fingerprint density at radius 2 is 1.35 bits per heavy atom. The molecule has 4 aliphatic rings. The first-order valence-electron chi connectivity index (χ1n) is 20.1. The van der Waals surface area contributed by atoms with Crippen LogP contribution >= 0.6 is 11.3 Å². The van der Waals surface area contributed by atoms with E-state index in [1.807, 2.05) is 51.7 Å². The second-order valence-corrected chi connectivity index (χ2v) is 19.9. The van der Waals surface area contributed by atoms with E-state index in [9.17, 15) is 9.59 Å². The predicted molar refractivity (Wildman–Crippen MR) is 222 cm³/mol. The molecule has 11 heteroatoms. The zero-order chi connectivity index (χ0) is 38.8. The highest BCUT2D eigenvalue weighted by Gasteiger charge is 2.48. The van der Waals surface area contributed by atoms with Crippen LogP contribution in [-0.4, -0.2) is 108 Å². The van der Waals surface area contributed by atoms with Crippen LogP contribution in [0.3, 0.4) is 0 Å². The molecule has 4 saturated heterocycles. The fourth-order valence-corrected chi connectivity index (χ4v) is 12.5. The Morgan fingerprint density at radius 3 is 1.93 bits per heavy atom. The van der Waals surface area contributed by atoms with Crippen LogP contribution in [-0.2, 0) is 25.0 Å². The minimum absolute atomic E-state index is 0.130. The van der Waals surface area contributed by atoms with Crippen LogP contribution in [0.2, 0.25) is 0 Å². The molecule has 4 aromatic rings. The van der Waals surface area contributed by atoms with Crippen LogP contribution in [0.4, 0.5) is 0 Å². The summed E-state index contributed by atoms with van der Waals surface area (Å²) in [4.78, 5) is 37.8. The monoisotopic (exact) mass is 781 g/mol. The smallest absolute Gasteiger partial charge is 0.269 e. The van der Waals surface area contributed by atoms with Crippen molar-refractivity contribution in [2.75, 3.05) is 52.4 Å². The number of thiophene rings is 1. The quantitative estimate of drug-likeness (QED) is 0.169. The van der Waals surface area contributed by atoms with E-state index < -0.39 is 15.4 Å². The molecule has 4 fully saturated rings. The number of benzene rings is 2. The van der Waals surface area contributed by atoms with Crippen LogP contribution in [0.25, 0.3) is 27.0 Å². The van der Waals surface area contributed by atoms with Crippen LogP contribution in [0.5, 0.6) is 0 Å². The largest absolute Gasteiger partial charge is 0.342 e. The summed E-state index contributed by atoms with van der Waals surface area (Å²) in [5.74, 6) is 0.351. The minimum Gasteiger partial charge on any atom is -0.342 e. The zero-order valence-electron chi connectivity index (χ0n) is 33.1. The number of hydrogen-bond acceptors (Lipinski definition) is 7. The van der Waals surface area contributed by atoms with Crippen LogP contribution in [0.15, 0.2) is 60.0 Å². The van der Waals surface area contributed by atoms with E-state index in [1.54, 1.807) is 16.1 Å². The Balaban J connectivity index is 1.22. The lowest BCUT2D eigenvalue weighted by molar-refractivity contribution is -0.137. The van der Waals surface area contributed by atoms with Gasteiger partial charge in [0.05, 0.1) is 22.5 Å². The lowest BCUT2D eigenvalue weighted by Crippen LogP contribution is -2.50. The minimum atomic E-state index is -4.10. The summed E-state index contributed by atoms with van der Waals surface area (Å²) in [6.07, 6.45) is 6.42. The zero-order valence-corrected chi connectivity index (χ0v) is 34.7. The van der Waals surface area contributed by atoms with Crippen molar-refractivity contribution in [3.05, 3.63) is 82.2 Å². The number of nitrogens with zero attached hydrogens (tertiary/aromatic N) is 5. The first-order valence-corrected chi connectivity index (χ1v) is 22.3. The van der Waals surface area contributed by atoms with Crippen molar-refractivity contribution in [3.63, 3.8) is 0 Å². The first-order chi connectivity index (χ1) is 26.2. The van der Waals surface area contributed by atoms with Gasteiger partial charge < -0.3 is 9.80 Å². The topological polar surface area (TPSA) is 86.2 Å². The fourth-order valence-electron chi connectivity index (χ4n) is 9.51. The Morgan fingerprint density at radius 1 is 0.782 bits per heavy atom. The third-order valence-electron chi connectivity index (χ3n) is 12.5. The van der Waals surface area contributed by atoms with E-state index in [4.69, 9.17) is 6.58 Å². The van der Waals surface area contributed by atoms with E-state index in [-0.39, 0.29) is 16.7 Å². The van der Waals surface area contributed by atoms with Crippen molar-refractivity contribution in [3.8, 4) is 11.3 Å². The van der Waals surface area contributed by atoms with Crippen molar-refractivity contribution in [1.82, 2.24) is 23.6 Å². The van der Waals surface area contributed by atoms with Gasteiger partial charge in [0.2, 0.25) is 11.8 Å². The lowest BCUT2D eigenvalue weighted by Gasteiger charge is -2.35. The summed E-state index contributed by atoms with van der Waals surface area (Å²) in [6.45, 7) is 20.6. The summed E-state index contributed by atoms with van der Waals surface area (Å²) < 4.78 is 31.7. The van der Waals surface area contributed by atoms with Gasteiger partial charge >= 0.3 is 0 Å². The number of likely N-dealkylation sites (tertiary alicyclic amines) is 1. The summed E-state index contributed by atoms with van der Waals surface area (Å²) >= 11 is 1.42. The van der Waals surface area contributed by atoms with Crippen molar-refractivity contribution < 1.29 is 18.0 Å². The van der Waals surface area contributed by atoms with Crippen molar-refractivity contribution in [1.29, 1.82) is 0 Å². The molecule has 0 saturated carbocycles. The number of carbonyl (C=O) groups is 2. The van der Waals surface area contributed by atoms with Gasteiger partial charge in [-0.3, -0.25) is 19.4 Å². The number of hydrogen-bond donors (Lipinski definition) is 0. The molecular weight excluding hydrogens is 727 g/mol. The average molecular weight is 782 g/mol. The molecule has 0 N–H and O–H groups in total. The van der Waals surface area contributed by atoms with Gasteiger partial charge in [-0.1, -0.05) is 41.5 Å². The molecule has 2 bridgehead atoms. The molecule has 0 unspecified atom stereocenters. The molecular formula is C44H55N5O4S2. The molecule has 6 heterocycles. The third kappa shape index (κ3) is 7.00. The van der Waals surface area contributed by atoms with E-state index in [2.05, 4.69) is 39.0 Å². The van der Waals surface area contributed by atoms with Gasteiger partial charge in [-0.25, -0.2) is 12.4 Å². The average Bonchev–Trinajstić information content (AvgIpc) is 3.99. The maximum Gasteiger partial charge on any atom is 0.269 e. The molecule has 292 valence electrons. The molecule has 8 rings (SSSR count). The number of fused-ring (bicyclic) bond motifs is 3. The normalized spacial score (nSPS) is 21.0. The second kappa shape index (κ2) is 14.6. The van der Waals surface area contributed by atoms with Crippen LogP contribution in [0, 0.1) is 20.8 Å². The Kier molecular flexibility index (Phi) is 10.1.